The van der Waals surface area contributed by atoms with Crippen molar-refractivity contribution in [1.29, 1.82) is 0 Å². The number of rotatable bonds is 6. The first-order valence-corrected chi connectivity index (χ1v) is 16.6. The standard InChI is InChI=1S/C31H41FN4O3S/c1-5-23-17-24(16-20(2)36(23)25-18-39-19-25)35-14-12-21(13-15-35)27-10-11-28-30(29(27)32)34(3)31(33-28)22-6-8-26(9-7-22)40(4,37)38/h6-11,20-21,23-25H,5,12-19H2,1-4H3. The third kappa shape index (κ3) is 4.99. The molecule has 0 bridgehead atoms. The first kappa shape index (κ1) is 27.8. The van der Waals surface area contributed by atoms with Crippen molar-refractivity contribution in [2.45, 2.75) is 80.9 Å². The molecule has 0 N–H and O–H groups in total. The Kier molecular flexibility index (Phi) is 7.52. The molecule has 4 heterocycles. The van der Waals surface area contributed by atoms with Gasteiger partial charge in [-0.3, -0.25) is 4.90 Å². The Morgan fingerprint density at radius 1 is 1.02 bits per heavy atom. The second-order valence-corrected chi connectivity index (χ2v) is 14.1. The molecule has 0 amide bonds. The van der Waals surface area contributed by atoms with E-state index in [9.17, 15) is 8.42 Å². The van der Waals surface area contributed by atoms with E-state index < -0.39 is 9.84 Å². The van der Waals surface area contributed by atoms with Crippen LogP contribution in [0.2, 0.25) is 0 Å². The van der Waals surface area contributed by atoms with E-state index in [1.54, 1.807) is 28.8 Å². The second kappa shape index (κ2) is 10.8. The van der Waals surface area contributed by atoms with Gasteiger partial charge in [-0.2, -0.15) is 0 Å². The number of halogens is 1. The van der Waals surface area contributed by atoms with Gasteiger partial charge in [0.25, 0.3) is 0 Å². The molecule has 3 unspecified atom stereocenters. The molecule has 3 aliphatic rings. The van der Waals surface area contributed by atoms with Crippen LogP contribution in [0.5, 0.6) is 0 Å². The molecule has 3 aliphatic heterocycles. The number of ether oxygens (including phenoxy) is 1. The van der Waals surface area contributed by atoms with Gasteiger partial charge in [0.05, 0.1) is 29.7 Å². The second-order valence-electron chi connectivity index (χ2n) is 12.1. The van der Waals surface area contributed by atoms with Crippen molar-refractivity contribution in [2.24, 2.45) is 7.05 Å². The number of likely N-dealkylation sites (tertiary alicyclic amines) is 2. The third-order valence-corrected chi connectivity index (χ3v) is 10.8. The Labute approximate surface area is 237 Å². The molecule has 0 spiro atoms. The summed E-state index contributed by atoms with van der Waals surface area (Å²) in [5.74, 6) is 0.639. The fourth-order valence-corrected chi connectivity index (χ4v) is 8.04. The molecule has 6 rings (SSSR count). The normalized spacial score (nSPS) is 25.9. The summed E-state index contributed by atoms with van der Waals surface area (Å²) in [5.41, 5.74) is 2.67. The summed E-state index contributed by atoms with van der Waals surface area (Å²) in [5, 5.41) is 0. The van der Waals surface area contributed by atoms with Crippen LogP contribution in [-0.2, 0) is 21.6 Å². The minimum Gasteiger partial charge on any atom is -0.378 e. The average molecular weight is 569 g/mol. The Morgan fingerprint density at radius 3 is 2.33 bits per heavy atom. The van der Waals surface area contributed by atoms with Crippen LogP contribution in [-0.4, -0.2) is 84.5 Å². The van der Waals surface area contributed by atoms with Crippen LogP contribution in [0.15, 0.2) is 41.3 Å². The molecule has 9 heteroatoms. The molecular formula is C31H41FN4O3S. The number of fused-ring (bicyclic) bond motifs is 1. The zero-order valence-corrected chi connectivity index (χ0v) is 24.8. The summed E-state index contributed by atoms with van der Waals surface area (Å²) in [4.78, 5) is 10.3. The van der Waals surface area contributed by atoms with E-state index in [0.717, 1.165) is 50.3 Å². The highest BCUT2D eigenvalue weighted by Gasteiger charge is 2.41. The molecule has 2 aromatic carbocycles. The molecule has 3 aromatic rings. The Bertz CT molecular complexity index is 1480. The summed E-state index contributed by atoms with van der Waals surface area (Å²) in [6.07, 6.45) is 6.69. The van der Waals surface area contributed by atoms with Gasteiger partial charge >= 0.3 is 0 Å². The molecule has 216 valence electrons. The van der Waals surface area contributed by atoms with Crippen molar-refractivity contribution in [2.75, 3.05) is 32.6 Å². The maximum Gasteiger partial charge on any atom is 0.175 e. The molecule has 0 radical (unpaired) electrons. The van der Waals surface area contributed by atoms with Gasteiger partial charge in [0.15, 0.2) is 15.7 Å². The topological polar surface area (TPSA) is 67.7 Å². The van der Waals surface area contributed by atoms with E-state index in [2.05, 4.69) is 23.6 Å². The first-order valence-electron chi connectivity index (χ1n) is 14.7. The average Bonchev–Trinajstić information content (AvgIpc) is 3.25. The van der Waals surface area contributed by atoms with Gasteiger partial charge in [0.1, 0.15) is 11.3 Å². The minimum absolute atomic E-state index is 0.180. The van der Waals surface area contributed by atoms with Crippen molar-refractivity contribution >= 4 is 20.9 Å². The largest absolute Gasteiger partial charge is 0.378 e. The predicted molar refractivity (Wildman–Crippen MR) is 156 cm³/mol. The number of hydrogen-bond acceptors (Lipinski definition) is 6. The summed E-state index contributed by atoms with van der Waals surface area (Å²) in [7, 11) is -1.45. The van der Waals surface area contributed by atoms with Crippen molar-refractivity contribution in [3.05, 3.63) is 47.8 Å². The van der Waals surface area contributed by atoms with E-state index in [4.69, 9.17) is 9.72 Å². The summed E-state index contributed by atoms with van der Waals surface area (Å²) in [6.45, 7) is 8.46. The minimum atomic E-state index is -3.28. The number of imidazole rings is 1. The number of piperidine rings is 2. The van der Waals surface area contributed by atoms with Crippen molar-refractivity contribution in [1.82, 2.24) is 19.4 Å². The summed E-state index contributed by atoms with van der Waals surface area (Å²) < 4.78 is 47.0. The Morgan fingerprint density at radius 2 is 1.73 bits per heavy atom. The molecule has 3 fully saturated rings. The molecule has 7 nitrogen and oxygen atoms in total. The Hall–Kier alpha value is -2.33. The van der Waals surface area contributed by atoms with E-state index in [1.807, 2.05) is 19.2 Å². The van der Waals surface area contributed by atoms with Crippen molar-refractivity contribution in [3.8, 4) is 11.4 Å². The van der Waals surface area contributed by atoms with E-state index in [-0.39, 0.29) is 16.6 Å². The monoisotopic (exact) mass is 568 g/mol. The van der Waals surface area contributed by atoms with Crippen molar-refractivity contribution in [3.63, 3.8) is 0 Å². The lowest BCUT2D eigenvalue weighted by Gasteiger charge is -2.52. The predicted octanol–water partition coefficient (Wildman–Crippen LogP) is 4.99. The number of sulfone groups is 1. The molecule has 3 atom stereocenters. The van der Waals surface area contributed by atoms with Crippen LogP contribution in [0.1, 0.15) is 57.4 Å². The van der Waals surface area contributed by atoms with Gasteiger partial charge in [-0.05, 0) is 93.9 Å². The van der Waals surface area contributed by atoms with Gasteiger partial charge in [0, 0.05) is 37.0 Å². The summed E-state index contributed by atoms with van der Waals surface area (Å²) >= 11 is 0. The molecule has 40 heavy (non-hydrogen) atoms. The molecule has 1 aromatic heterocycles. The molecule has 0 saturated carbocycles. The maximum atomic E-state index is 16.1. The van der Waals surface area contributed by atoms with Gasteiger partial charge in [-0.1, -0.05) is 13.0 Å². The fraction of sp³-hybridized carbons (Fsp3) is 0.581. The van der Waals surface area contributed by atoms with E-state index in [1.165, 1.54) is 25.5 Å². The zero-order valence-electron chi connectivity index (χ0n) is 24.0. The van der Waals surface area contributed by atoms with Crippen LogP contribution < -0.4 is 0 Å². The lowest BCUT2D eigenvalue weighted by Crippen LogP contribution is -2.62. The SMILES string of the molecule is CCC1CC(N2CCC(c3ccc4nc(-c5ccc(S(C)(=O)=O)cc5)n(C)c4c3F)CC2)CC(C)N1C1COC1. The third-order valence-electron chi connectivity index (χ3n) is 9.63. The highest BCUT2D eigenvalue weighted by atomic mass is 32.2. The highest BCUT2D eigenvalue weighted by molar-refractivity contribution is 7.90. The van der Waals surface area contributed by atoms with Crippen LogP contribution in [0.3, 0.4) is 0 Å². The lowest BCUT2D eigenvalue weighted by atomic mass is 9.84. The molecule has 0 aliphatic carbocycles. The van der Waals surface area contributed by atoms with Crippen LogP contribution >= 0.6 is 0 Å². The van der Waals surface area contributed by atoms with Gasteiger partial charge in [-0.25, -0.2) is 17.8 Å². The number of aryl methyl sites for hydroxylation is 1. The zero-order chi connectivity index (χ0) is 28.2. The molecule has 3 saturated heterocycles. The number of benzene rings is 2. The number of hydrogen-bond donors (Lipinski definition) is 0. The maximum absolute atomic E-state index is 16.1. The van der Waals surface area contributed by atoms with E-state index in [0.29, 0.717) is 41.0 Å². The summed E-state index contributed by atoms with van der Waals surface area (Å²) in [6, 6.07) is 12.9. The smallest absolute Gasteiger partial charge is 0.175 e. The van der Waals surface area contributed by atoms with Gasteiger partial charge in [0.2, 0.25) is 0 Å². The Balaban J connectivity index is 1.17. The van der Waals surface area contributed by atoms with Gasteiger partial charge < -0.3 is 14.2 Å². The quantitative estimate of drug-likeness (QED) is 0.417. The first-order chi connectivity index (χ1) is 19.2. The number of aromatic nitrogens is 2. The van der Waals surface area contributed by atoms with Crippen LogP contribution in [0, 0.1) is 5.82 Å². The fourth-order valence-electron chi connectivity index (χ4n) is 7.41. The lowest BCUT2D eigenvalue weighted by molar-refractivity contribution is -0.115. The van der Waals surface area contributed by atoms with Gasteiger partial charge in [-0.15, -0.1) is 0 Å². The molecular weight excluding hydrogens is 527 g/mol. The van der Waals surface area contributed by atoms with Crippen LogP contribution in [0.25, 0.3) is 22.4 Å². The van der Waals surface area contributed by atoms with Crippen LogP contribution in [0.4, 0.5) is 4.39 Å². The van der Waals surface area contributed by atoms with E-state index >= 15 is 4.39 Å². The number of nitrogens with zero attached hydrogens (tertiary/aromatic N) is 4. The highest BCUT2D eigenvalue weighted by Crippen LogP contribution is 2.38. The van der Waals surface area contributed by atoms with Crippen molar-refractivity contribution < 1.29 is 17.5 Å².